The van der Waals surface area contributed by atoms with Crippen molar-refractivity contribution in [2.75, 3.05) is 26.2 Å². The molecule has 0 bridgehead atoms. The summed E-state index contributed by atoms with van der Waals surface area (Å²) in [6.07, 6.45) is 0.938. The molecule has 3 nitrogen and oxygen atoms in total. The van der Waals surface area contributed by atoms with Crippen molar-refractivity contribution in [3.63, 3.8) is 0 Å². The number of benzene rings is 2. The first kappa shape index (κ1) is 25.7. The highest BCUT2D eigenvalue weighted by atomic mass is 19.4. The molecule has 1 amide bonds. The maximum absolute atomic E-state index is 13.4. The number of hydrogen-bond acceptors (Lipinski definition) is 2. The Morgan fingerprint density at radius 1 is 1.00 bits per heavy atom. The van der Waals surface area contributed by atoms with Gasteiger partial charge in [0.15, 0.2) is 0 Å². The number of carbonyl (C=O) groups is 1. The van der Waals surface area contributed by atoms with Crippen LogP contribution >= 0.6 is 0 Å². The van der Waals surface area contributed by atoms with E-state index >= 15 is 0 Å². The van der Waals surface area contributed by atoms with Crippen LogP contribution in [0.3, 0.4) is 0 Å². The van der Waals surface area contributed by atoms with Gasteiger partial charge in [-0.3, -0.25) is 4.79 Å². The summed E-state index contributed by atoms with van der Waals surface area (Å²) in [7, 11) is 0. The van der Waals surface area contributed by atoms with Crippen molar-refractivity contribution in [3.8, 4) is 0 Å². The van der Waals surface area contributed by atoms with E-state index in [0.29, 0.717) is 0 Å². The monoisotopic (exact) mass is 486 g/mol. The first-order valence-electron chi connectivity index (χ1n) is 13.1. The number of halogens is 3. The smallest absolute Gasteiger partial charge is 0.335 e. The SMILES string of the molecule is CCC(CC)C(=O)N1CCc2ccccc2C1CCN1CCC(c2cccc(C(F)(F)F)c2)CC1. The quantitative estimate of drug-likeness (QED) is 0.428. The maximum Gasteiger partial charge on any atom is 0.416 e. The summed E-state index contributed by atoms with van der Waals surface area (Å²) in [6, 6.07) is 14.4. The lowest BCUT2D eigenvalue weighted by atomic mass is 9.87. The molecule has 190 valence electrons. The molecule has 1 atom stereocenters. The first-order valence-corrected chi connectivity index (χ1v) is 13.1. The predicted octanol–water partition coefficient (Wildman–Crippen LogP) is 6.84. The molecule has 0 saturated carbocycles. The number of likely N-dealkylation sites (tertiary alicyclic amines) is 1. The van der Waals surface area contributed by atoms with E-state index in [4.69, 9.17) is 0 Å². The average Bonchev–Trinajstić information content (AvgIpc) is 2.87. The third-order valence-corrected chi connectivity index (χ3v) is 8.02. The third-order valence-electron chi connectivity index (χ3n) is 8.02. The van der Waals surface area contributed by atoms with Crippen molar-refractivity contribution in [1.82, 2.24) is 9.80 Å². The molecule has 0 spiro atoms. The molecule has 0 radical (unpaired) electrons. The zero-order valence-electron chi connectivity index (χ0n) is 20.9. The molecule has 0 aliphatic carbocycles. The lowest BCUT2D eigenvalue weighted by molar-refractivity contribution is -0.139. The van der Waals surface area contributed by atoms with Gasteiger partial charge in [0.25, 0.3) is 0 Å². The normalized spacial score (nSPS) is 19.7. The van der Waals surface area contributed by atoms with E-state index in [1.165, 1.54) is 23.3 Å². The minimum atomic E-state index is -4.30. The van der Waals surface area contributed by atoms with Crippen LogP contribution in [0.4, 0.5) is 13.2 Å². The molecular formula is C29H37F3N2O. The molecule has 6 heteroatoms. The van der Waals surface area contributed by atoms with Gasteiger partial charge in [0.1, 0.15) is 0 Å². The number of hydrogen-bond donors (Lipinski definition) is 0. The fraction of sp³-hybridized carbons (Fsp3) is 0.552. The van der Waals surface area contributed by atoms with Crippen LogP contribution in [-0.2, 0) is 17.4 Å². The van der Waals surface area contributed by atoms with E-state index < -0.39 is 11.7 Å². The van der Waals surface area contributed by atoms with Gasteiger partial charge in [0.05, 0.1) is 11.6 Å². The Balaban J connectivity index is 1.40. The minimum Gasteiger partial charge on any atom is -0.335 e. The minimum absolute atomic E-state index is 0.0750. The van der Waals surface area contributed by atoms with Gasteiger partial charge in [-0.15, -0.1) is 0 Å². The predicted molar refractivity (Wildman–Crippen MR) is 133 cm³/mol. The summed E-state index contributed by atoms with van der Waals surface area (Å²) in [5.41, 5.74) is 2.85. The second kappa shape index (κ2) is 11.2. The van der Waals surface area contributed by atoms with E-state index in [1.54, 1.807) is 0 Å². The summed E-state index contributed by atoms with van der Waals surface area (Å²) >= 11 is 0. The third kappa shape index (κ3) is 5.91. The number of rotatable bonds is 7. The number of piperidine rings is 1. The highest BCUT2D eigenvalue weighted by Crippen LogP contribution is 2.36. The molecular weight excluding hydrogens is 449 g/mol. The van der Waals surface area contributed by atoms with Crippen LogP contribution in [0.5, 0.6) is 0 Å². The Morgan fingerprint density at radius 3 is 2.40 bits per heavy atom. The fourth-order valence-corrected chi connectivity index (χ4v) is 5.86. The van der Waals surface area contributed by atoms with Gasteiger partial charge in [-0.2, -0.15) is 13.2 Å². The standard InChI is InChI=1S/C29H37F3N2O/c1-3-21(4-2)28(35)34-19-14-23-8-5-6-11-26(23)27(34)15-18-33-16-12-22(13-17-33)24-9-7-10-25(20-24)29(30,31)32/h5-11,20-22,27H,3-4,12-19H2,1-2H3. The summed E-state index contributed by atoms with van der Waals surface area (Å²) < 4.78 is 39.4. The number of alkyl halides is 3. The lowest BCUT2D eigenvalue weighted by Gasteiger charge is -2.41. The van der Waals surface area contributed by atoms with Gasteiger partial charge in [0, 0.05) is 19.0 Å². The number of amides is 1. The van der Waals surface area contributed by atoms with Crippen LogP contribution in [0.15, 0.2) is 48.5 Å². The van der Waals surface area contributed by atoms with Crippen LogP contribution in [0.25, 0.3) is 0 Å². The van der Waals surface area contributed by atoms with Gasteiger partial charge in [-0.1, -0.05) is 56.3 Å². The van der Waals surface area contributed by atoms with Crippen LogP contribution in [-0.4, -0.2) is 41.9 Å². The van der Waals surface area contributed by atoms with E-state index in [0.717, 1.165) is 76.3 Å². The molecule has 4 rings (SSSR count). The van der Waals surface area contributed by atoms with Gasteiger partial charge in [0.2, 0.25) is 5.91 Å². The van der Waals surface area contributed by atoms with Crippen LogP contribution < -0.4 is 0 Å². The van der Waals surface area contributed by atoms with Gasteiger partial charge < -0.3 is 9.80 Å². The van der Waals surface area contributed by atoms with Gasteiger partial charge in [-0.25, -0.2) is 0 Å². The van der Waals surface area contributed by atoms with E-state index in [9.17, 15) is 18.0 Å². The summed E-state index contributed by atoms with van der Waals surface area (Å²) in [5.74, 6) is 0.514. The Morgan fingerprint density at radius 2 is 1.71 bits per heavy atom. The van der Waals surface area contributed by atoms with Crippen LogP contribution in [0.2, 0.25) is 0 Å². The van der Waals surface area contributed by atoms with Crippen molar-refractivity contribution in [3.05, 3.63) is 70.8 Å². The van der Waals surface area contributed by atoms with Crippen molar-refractivity contribution in [1.29, 1.82) is 0 Å². The van der Waals surface area contributed by atoms with Crippen molar-refractivity contribution >= 4 is 5.91 Å². The number of nitrogens with zero attached hydrogens (tertiary/aromatic N) is 2. The second-order valence-electron chi connectivity index (χ2n) is 10.0. The molecule has 2 aromatic carbocycles. The maximum atomic E-state index is 13.4. The molecule has 1 saturated heterocycles. The van der Waals surface area contributed by atoms with Gasteiger partial charge in [-0.05, 0) is 80.3 Å². The number of fused-ring (bicyclic) bond motifs is 1. The molecule has 0 N–H and O–H groups in total. The molecule has 1 fully saturated rings. The summed E-state index contributed by atoms with van der Waals surface area (Å²) in [4.78, 5) is 17.9. The van der Waals surface area contributed by atoms with Crippen molar-refractivity contribution < 1.29 is 18.0 Å². The van der Waals surface area contributed by atoms with E-state index in [2.05, 4.69) is 47.9 Å². The highest BCUT2D eigenvalue weighted by Gasteiger charge is 2.34. The van der Waals surface area contributed by atoms with E-state index in [1.807, 2.05) is 6.07 Å². The van der Waals surface area contributed by atoms with Crippen LogP contribution in [0, 0.1) is 5.92 Å². The zero-order valence-corrected chi connectivity index (χ0v) is 20.9. The molecule has 35 heavy (non-hydrogen) atoms. The Labute approximate surface area is 207 Å². The van der Waals surface area contributed by atoms with Crippen molar-refractivity contribution in [2.24, 2.45) is 5.92 Å². The molecule has 2 aromatic rings. The molecule has 1 unspecified atom stereocenters. The van der Waals surface area contributed by atoms with Crippen molar-refractivity contribution in [2.45, 2.75) is 70.5 Å². The van der Waals surface area contributed by atoms with Gasteiger partial charge >= 0.3 is 6.18 Å². The molecule has 0 aromatic heterocycles. The molecule has 2 aliphatic heterocycles. The fourth-order valence-electron chi connectivity index (χ4n) is 5.86. The summed E-state index contributed by atoms with van der Waals surface area (Å²) in [6.45, 7) is 7.59. The Hall–Kier alpha value is -2.34. The molecule has 2 aliphatic rings. The Kier molecular flexibility index (Phi) is 8.20. The average molecular weight is 487 g/mol. The van der Waals surface area contributed by atoms with Crippen LogP contribution in [0.1, 0.15) is 80.2 Å². The van der Waals surface area contributed by atoms with E-state index in [-0.39, 0.29) is 23.8 Å². The second-order valence-corrected chi connectivity index (χ2v) is 10.0. The largest absolute Gasteiger partial charge is 0.416 e. The highest BCUT2D eigenvalue weighted by molar-refractivity contribution is 5.79. The topological polar surface area (TPSA) is 23.6 Å². The molecule has 2 heterocycles. The number of carbonyl (C=O) groups excluding carboxylic acids is 1. The Bertz CT molecular complexity index is 993. The lowest BCUT2D eigenvalue weighted by Crippen LogP contribution is -2.44. The zero-order chi connectivity index (χ0) is 25.0. The summed E-state index contributed by atoms with van der Waals surface area (Å²) in [5, 5.41) is 0. The first-order chi connectivity index (χ1) is 16.8.